The SMILES string of the molecule is CC(=O)N(c1ccccc1)c1nc(/C=C(/NC(=O)c2ccc(Cl)cc2)C(=O)O)cs1. The largest absolute Gasteiger partial charge is 0.477 e. The van der Waals surface area contributed by atoms with Gasteiger partial charge in [0.05, 0.1) is 11.4 Å². The van der Waals surface area contributed by atoms with Crippen molar-refractivity contribution < 1.29 is 19.5 Å². The number of nitrogens with one attached hydrogen (secondary N) is 1. The Balaban J connectivity index is 1.86. The van der Waals surface area contributed by atoms with E-state index in [1.807, 2.05) is 6.07 Å². The molecule has 0 saturated carbocycles. The number of amides is 2. The summed E-state index contributed by atoms with van der Waals surface area (Å²) < 4.78 is 0. The van der Waals surface area contributed by atoms with E-state index in [1.54, 1.807) is 29.6 Å². The maximum atomic E-state index is 12.3. The van der Waals surface area contributed by atoms with E-state index in [4.69, 9.17) is 11.6 Å². The van der Waals surface area contributed by atoms with Crippen LogP contribution in [0.1, 0.15) is 23.0 Å². The quantitative estimate of drug-likeness (QED) is 0.554. The van der Waals surface area contributed by atoms with Crippen molar-refractivity contribution in [2.24, 2.45) is 0 Å². The molecule has 1 heterocycles. The second kappa shape index (κ2) is 9.34. The monoisotopic (exact) mass is 441 g/mol. The van der Waals surface area contributed by atoms with Crippen LogP contribution in [-0.2, 0) is 9.59 Å². The molecule has 152 valence electrons. The predicted octanol–water partition coefficient (Wildman–Crippen LogP) is 4.34. The topological polar surface area (TPSA) is 99.6 Å². The molecule has 3 rings (SSSR count). The van der Waals surface area contributed by atoms with Crippen LogP contribution in [0.15, 0.2) is 65.7 Å². The molecule has 0 aliphatic heterocycles. The number of anilines is 2. The third-order valence-corrected chi connectivity index (χ3v) is 5.00. The van der Waals surface area contributed by atoms with E-state index in [-0.39, 0.29) is 17.2 Å². The standard InChI is InChI=1S/C21H16ClN3O4S/c1-13(26)25(17-5-3-2-4-6-17)21-23-16(12-30-21)11-18(20(28)29)24-19(27)14-7-9-15(22)10-8-14/h2-12H,1H3,(H,24,27)(H,28,29)/b18-11+. The number of benzene rings is 2. The van der Waals surface area contributed by atoms with E-state index in [0.29, 0.717) is 21.5 Å². The van der Waals surface area contributed by atoms with Crippen molar-refractivity contribution in [3.05, 3.63) is 82.0 Å². The van der Waals surface area contributed by atoms with Crippen LogP contribution >= 0.6 is 22.9 Å². The van der Waals surface area contributed by atoms with E-state index in [0.717, 1.165) is 0 Å². The fourth-order valence-electron chi connectivity index (χ4n) is 2.54. The highest BCUT2D eigenvalue weighted by molar-refractivity contribution is 7.14. The van der Waals surface area contributed by atoms with Gasteiger partial charge in [0.2, 0.25) is 5.91 Å². The molecule has 3 aromatic rings. The van der Waals surface area contributed by atoms with E-state index in [9.17, 15) is 19.5 Å². The highest BCUT2D eigenvalue weighted by Crippen LogP contribution is 2.29. The van der Waals surface area contributed by atoms with Gasteiger partial charge in [0.25, 0.3) is 5.91 Å². The molecule has 2 N–H and O–H groups in total. The van der Waals surface area contributed by atoms with Crippen molar-refractivity contribution in [2.45, 2.75) is 6.92 Å². The summed E-state index contributed by atoms with van der Waals surface area (Å²) in [5.41, 5.74) is 0.855. The summed E-state index contributed by atoms with van der Waals surface area (Å²) in [6.45, 7) is 1.42. The molecular formula is C21H16ClN3O4S. The number of aliphatic carboxylic acids is 1. The lowest BCUT2D eigenvalue weighted by Gasteiger charge is -2.17. The predicted molar refractivity (Wildman–Crippen MR) is 116 cm³/mol. The van der Waals surface area contributed by atoms with Gasteiger partial charge < -0.3 is 10.4 Å². The van der Waals surface area contributed by atoms with Gasteiger partial charge in [-0.05, 0) is 42.5 Å². The first-order valence-corrected chi connectivity index (χ1v) is 9.94. The van der Waals surface area contributed by atoms with Gasteiger partial charge in [0.1, 0.15) is 5.70 Å². The molecule has 0 bridgehead atoms. The third kappa shape index (κ3) is 5.11. The number of rotatable bonds is 6. The normalized spacial score (nSPS) is 11.1. The van der Waals surface area contributed by atoms with Crippen LogP contribution in [0.5, 0.6) is 0 Å². The Kier molecular flexibility index (Phi) is 6.61. The molecule has 2 amide bonds. The van der Waals surface area contributed by atoms with Gasteiger partial charge in [-0.15, -0.1) is 11.3 Å². The van der Waals surface area contributed by atoms with Gasteiger partial charge in [-0.25, -0.2) is 9.78 Å². The van der Waals surface area contributed by atoms with Crippen LogP contribution in [-0.4, -0.2) is 27.9 Å². The van der Waals surface area contributed by atoms with Crippen molar-refractivity contribution in [3.8, 4) is 0 Å². The Morgan fingerprint density at radius 3 is 2.37 bits per heavy atom. The lowest BCUT2D eigenvalue weighted by atomic mass is 10.2. The number of carboxylic acids is 1. The van der Waals surface area contributed by atoms with Crippen LogP contribution in [0.2, 0.25) is 5.02 Å². The molecule has 0 atom stereocenters. The summed E-state index contributed by atoms with van der Waals surface area (Å²) in [6, 6.07) is 15.0. The average Bonchev–Trinajstić information content (AvgIpc) is 3.16. The van der Waals surface area contributed by atoms with Crippen molar-refractivity contribution >= 4 is 57.6 Å². The number of nitrogens with zero attached hydrogens (tertiary/aromatic N) is 2. The van der Waals surface area contributed by atoms with Crippen molar-refractivity contribution in [1.82, 2.24) is 10.3 Å². The van der Waals surface area contributed by atoms with Crippen molar-refractivity contribution in [2.75, 3.05) is 4.90 Å². The molecule has 0 saturated heterocycles. The second-order valence-corrected chi connectivity index (χ2v) is 7.34. The number of aromatic nitrogens is 1. The minimum Gasteiger partial charge on any atom is -0.477 e. The zero-order valence-corrected chi connectivity index (χ0v) is 17.3. The Hall–Kier alpha value is -3.49. The Morgan fingerprint density at radius 2 is 1.77 bits per heavy atom. The van der Waals surface area contributed by atoms with Gasteiger partial charge >= 0.3 is 5.97 Å². The lowest BCUT2D eigenvalue weighted by molar-refractivity contribution is -0.132. The number of carboxylic acid groups (broad SMARTS) is 1. The van der Waals surface area contributed by atoms with Crippen LogP contribution < -0.4 is 10.2 Å². The number of carbonyl (C=O) groups is 3. The highest BCUT2D eigenvalue weighted by Gasteiger charge is 2.19. The van der Waals surface area contributed by atoms with Gasteiger partial charge in [0.15, 0.2) is 5.13 Å². The van der Waals surface area contributed by atoms with Crippen LogP contribution in [0, 0.1) is 0 Å². The smallest absolute Gasteiger partial charge is 0.352 e. The van der Waals surface area contributed by atoms with Crippen molar-refractivity contribution in [1.29, 1.82) is 0 Å². The molecule has 9 heteroatoms. The minimum absolute atomic E-state index is 0.236. The molecule has 0 unspecified atom stereocenters. The van der Waals surface area contributed by atoms with Crippen molar-refractivity contribution in [3.63, 3.8) is 0 Å². The van der Waals surface area contributed by atoms with Gasteiger partial charge in [-0.2, -0.15) is 0 Å². The average molecular weight is 442 g/mol. The Labute approximate surface area is 181 Å². The number of para-hydroxylation sites is 1. The van der Waals surface area contributed by atoms with Crippen LogP contribution in [0.3, 0.4) is 0 Å². The lowest BCUT2D eigenvalue weighted by Crippen LogP contribution is -2.27. The highest BCUT2D eigenvalue weighted by atomic mass is 35.5. The Morgan fingerprint density at radius 1 is 1.10 bits per heavy atom. The number of carbonyl (C=O) groups excluding carboxylic acids is 2. The zero-order chi connectivity index (χ0) is 21.7. The van der Waals surface area contributed by atoms with Gasteiger partial charge in [-0.1, -0.05) is 29.8 Å². The van der Waals surface area contributed by atoms with Crippen LogP contribution in [0.25, 0.3) is 6.08 Å². The number of hydrogen-bond acceptors (Lipinski definition) is 5. The van der Waals surface area contributed by atoms with E-state index in [2.05, 4.69) is 10.3 Å². The summed E-state index contributed by atoms with van der Waals surface area (Å²) in [5.74, 6) is -2.15. The molecular weight excluding hydrogens is 426 g/mol. The van der Waals surface area contributed by atoms with E-state index >= 15 is 0 Å². The fourth-order valence-corrected chi connectivity index (χ4v) is 3.51. The number of thiazole rings is 1. The first kappa shape index (κ1) is 21.2. The first-order valence-electron chi connectivity index (χ1n) is 8.68. The summed E-state index contributed by atoms with van der Waals surface area (Å²) in [7, 11) is 0. The summed E-state index contributed by atoms with van der Waals surface area (Å²) in [4.78, 5) is 41.8. The molecule has 2 aromatic carbocycles. The summed E-state index contributed by atoms with van der Waals surface area (Å²) in [6.07, 6.45) is 1.24. The second-order valence-electron chi connectivity index (χ2n) is 6.07. The molecule has 0 radical (unpaired) electrons. The molecule has 1 aromatic heterocycles. The summed E-state index contributed by atoms with van der Waals surface area (Å²) >= 11 is 6.98. The number of halogens is 1. The molecule has 0 fully saturated rings. The molecule has 0 spiro atoms. The van der Waals surface area contributed by atoms with E-state index < -0.39 is 11.9 Å². The molecule has 7 nitrogen and oxygen atoms in total. The zero-order valence-electron chi connectivity index (χ0n) is 15.7. The number of hydrogen-bond donors (Lipinski definition) is 2. The fraction of sp³-hybridized carbons (Fsp3) is 0.0476. The van der Waals surface area contributed by atoms with E-state index in [1.165, 1.54) is 53.5 Å². The maximum Gasteiger partial charge on any atom is 0.352 e. The van der Waals surface area contributed by atoms with Gasteiger partial charge in [0, 0.05) is 22.9 Å². The Bertz CT molecular complexity index is 1110. The molecule has 0 aliphatic carbocycles. The van der Waals surface area contributed by atoms with Gasteiger partial charge in [-0.3, -0.25) is 14.5 Å². The molecule has 30 heavy (non-hydrogen) atoms. The summed E-state index contributed by atoms with van der Waals surface area (Å²) in [5, 5.41) is 14.3. The molecule has 0 aliphatic rings. The third-order valence-electron chi connectivity index (χ3n) is 3.91. The maximum absolute atomic E-state index is 12.3. The minimum atomic E-state index is -1.32. The van der Waals surface area contributed by atoms with Crippen LogP contribution in [0.4, 0.5) is 10.8 Å². The first-order chi connectivity index (χ1) is 14.3.